The number of nitrogens with one attached hydrogen (secondary N) is 2. The number of aromatic amines is 1. The van der Waals surface area contributed by atoms with Gasteiger partial charge in [-0.05, 0) is 18.6 Å². The van der Waals surface area contributed by atoms with Gasteiger partial charge < -0.3 is 9.67 Å². The average molecular weight is 441 g/mol. The van der Waals surface area contributed by atoms with Crippen LogP contribution in [0.3, 0.4) is 0 Å². The third-order valence-corrected chi connectivity index (χ3v) is 5.55. The molecule has 9 heteroatoms. The molecule has 0 aliphatic heterocycles. The summed E-state index contributed by atoms with van der Waals surface area (Å²) in [6.45, 7) is 2.80. The molecule has 0 saturated heterocycles. The maximum Gasteiger partial charge on any atom is 0.329 e. The largest absolute Gasteiger partial charge is 0.507 e. The van der Waals surface area contributed by atoms with Crippen LogP contribution in [0.25, 0.3) is 11.2 Å². The zero-order valence-corrected chi connectivity index (χ0v) is 18.8. The Morgan fingerprint density at radius 1 is 1.09 bits per heavy atom. The molecule has 3 N–H and O–H groups in total. The van der Waals surface area contributed by atoms with E-state index < -0.39 is 11.2 Å². The molecule has 2 aromatic heterocycles. The van der Waals surface area contributed by atoms with E-state index in [9.17, 15) is 14.7 Å². The molecule has 3 aromatic rings. The van der Waals surface area contributed by atoms with Gasteiger partial charge in [0.15, 0.2) is 11.2 Å². The molecule has 9 nitrogen and oxygen atoms in total. The summed E-state index contributed by atoms with van der Waals surface area (Å²) in [5.74, 6) is 0.491. The SMILES string of the molecule is CCCCCCCCCCn1c(NN=Cc2ccccc2O)nc2c1c(=O)[nH]c(=O)n2C. The first-order valence-electron chi connectivity index (χ1n) is 11.3. The molecule has 0 radical (unpaired) electrons. The number of para-hydroxylation sites is 1. The summed E-state index contributed by atoms with van der Waals surface area (Å²) in [5, 5.41) is 14.1. The minimum Gasteiger partial charge on any atom is -0.507 e. The third-order valence-electron chi connectivity index (χ3n) is 5.55. The fourth-order valence-electron chi connectivity index (χ4n) is 3.70. The van der Waals surface area contributed by atoms with Crippen LogP contribution in [0.4, 0.5) is 5.95 Å². The molecule has 0 aliphatic carbocycles. The maximum atomic E-state index is 12.5. The van der Waals surface area contributed by atoms with Gasteiger partial charge in [-0.1, -0.05) is 64.0 Å². The number of hydrogen-bond donors (Lipinski definition) is 3. The van der Waals surface area contributed by atoms with Crippen LogP contribution in [-0.4, -0.2) is 30.4 Å². The van der Waals surface area contributed by atoms with Gasteiger partial charge in [-0.15, -0.1) is 0 Å². The Hall–Kier alpha value is -3.36. The molecule has 3 rings (SSSR count). The molecule has 0 atom stereocenters. The molecular formula is C23H32N6O3. The topological polar surface area (TPSA) is 117 Å². The molecule has 0 bridgehead atoms. The number of fused-ring (bicyclic) bond motifs is 1. The van der Waals surface area contributed by atoms with Crippen LogP contribution < -0.4 is 16.7 Å². The number of H-pyrrole nitrogens is 1. The Kier molecular flexibility index (Phi) is 8.24. The zero-order chi connectivity index (χ0) is 22.9. The summed E-state index contributed by atoms with van der Waals surface area (Å²) in [7, 11) is 1.57. The number of hydrogen-bond acceptors (Lipinski definition) is 6. The van der Waals surface area contributed by atoms with Gasteiger partial charge in [-0.2, -0.15) is 10.1 Å². The molecule has 0 amide bonds. The van der Waals surface area contributed by atoms with E-state index in [1.807, 2.05) is 0 Å². The van der Waals surface area contributed by atoms with E-state index in [-0.39, 0.29) is 5.75 Å². The number of imidazole rings is 1. The van der Waals surface area contributed by atoms with Crippen molar-refractivity contribution in [3.05, 3.63) is 50.7 Å². The molecule has 0 fully saturated rings. The second kappa shape index (κ2) is 11.3. The van der Waals surface area contributed by atoms with Crippen LogP contribution in [0.1, 0.15) is 63.9 Å². The van der Waals surface area contributed by atoms with Crippen LogP contribution in [-0.2, 0) is 13.6 Å². The smallest absolute Gasteiger partial charge is 0.329 e. The van der Waals surface area contributed by atoms with Crippen LogP contribution in [0.2, 0.25) is 0 Å². The second-order valence-corrected chi connectivity index (χ2v) is 7.98. The number of unbranched alkanes of at least 4 members (excludes halogenated alkanes) is 7. The van der Waals surface area contributed by atoms with E-state index in [2.05, 4.69) is 27.4 Å². The summed E-state index contributed by atoms with van der Waals surface area (Å²) in [5.41, 5.74) is 3.09. The van der Waals surface area contributed by atoms with Gasteiger partial charge >= 0.3 is 5.69 Å². The number of nitrogens with zero attached hydrogens (tertiary/aromatic N) is 4. The van der Waals surface area contributed by atoms with Crippen molar-refractivity contribution in [2.75, 3.05) is 5.43 Å². The van der Waals surface area contributed by atoms with E-state index in [0.717, 1.165) is 19.3 Å². The van der Waals surface area contributed by atoms with Gasteiger partial charge in [0.25, 0.3) is 5.56 Å². The summed E-state index contributed by atoms with van der Waals surface area (Å²) in [6, 6.07) is 6.84. The number of aromatic hydroxyl groups is 1. The van der Waals surface area contributed by atoms with E-state index in [1.54, 1.807) is 35.9 Å². The number of rotatable bonds is 12. The molecule has 32 heavy (non-hydrogen) atoms. The molecular weight excluding hydrogens is 408 g/mol. The first-order valence-corrected chi connectivity index (χ1v) is 11.3. The van der Waals surface area contributed by atoms with Gasteiger partial charge in [0.1, 0.15) is 5.75 Å². The van der Waals surface area contributed by atoms with Gasteiger partial charge in [-0.3, -0.25) is 14.3 Å². The van der Waals surface area contributed by atoms with Crippen molar-refractivity contribution in [1.29, 1.82) is 0 Å². The number of anilines is 1. The lowest BCUT2D eigenvalue weighted by Gasteiger charge is -2.08. The van der Waals surface area contributed by atoms with Crippen molar-refractivity contribution < 1.29 is 5.11 Å². The molecule has 0 aliphatic rings. The predicted molar refractivity (Wildman–Crippen MR) is 128 cm³/mol. The first kappa shape index (κ1) is 23.3. The normalized spacial score (nSPS) is 11.6. The third kappa shape index (κ3) is 5.66. The number of aryl methyl sites for hydroxylation is 2. The monoisotopic (exact) mass is 440 g/mol. The lowest BCUT2D eigenvalue weighted by atomic mass is 10.1. The van der Waals surface area contributed by atoms with Gasteiger partial charge in [0.05, 0.1) is 6.21 Å². The van der Waals surface area contributed by atoms with Crippen molar-refractivity contribution in [2.45, 2.75) is 64.8 Å². The van der Waals surface area contributed by atoms with Crippen LogP contribution in [0, 0.1) is 0 Å². The van der Waals surface area contributed by atoms with Crippen molar-refractivity contribution in [3.63, 3.8) is 0 Å². The van der Waals surface area contributed by atoms with Crippen LogP contribution in [0.15, 0.2) is 39.0 Å². The molecule has 1 aromatic carbocycles. The van der Waals surface area contributed by atoms with Gasteiger partial charge in [-0.25, -0.2) is 10.2 Å². The molecule has 172 valence electrons. The van der Waals surface area contributed by atoms with E-state index in [1.165, 1.54) is 42.9 Å². The molecule has 0 spiro atoms. The highest BCUT2D eigenvalue weighted by Crippen LogP contribution is 2.18. The predicted octanol–water partition coefficient (Wildman–Crippen LogP) is 3.72. The summed E-state index contributed by atoms with van der Waals surface area (Å²) < 4.78 is 3.09. The summed E-state index contributed by atoms with van der Waals surface area (Å²) in [4.78, 5) is 31.3. The Balaban J connectivity index is 1.76. The Morgan fingerprint density at radius 3 is 2.50 bits per heavy atom. The average Bonchev–Trinajstić information content (AvgIpc) is 3.14. The lowest BCUT2D eigenvalue weighted by molar-refractivity contribution is 0.474. The Bertz CT molecular complexity index is 1170. The Labute approximate surface area is 186 Å². The summed E-state index contributed by atoms with van der Waals surface area (Å²) >= 11 is 0. The van der Waals surface area contributed by atoms with Crippen molar-refractivity contribution in [2.24, 2.45) is 12.1 Å². The van der Waals surface area contributed by atoms with E-state index in [4.69, 9.17) is 0 Å². The van der Waals surface area contributed by atoms with E-state index >= 15 is 0 Å². The summed E-state index contributed by atoms with van der Waals surface area (Å²) in [6.07, 6.45) is 10.9. The fraction of sp³-hybridized carbons (Fsp3) is 0.478. The highest BCUT2D eigenvalue weighted by atomic mass is 16.3. The second-order valence-electron chi connectivity index (χ2n) is 7.98. The first-order chi connectivity index (χ1) is 15.5. The number of benzene rings is 1. The van der Waals surface area contributed by atoms with Crippen LogP contribution in [0.5, 0.6) is 5.75 Å². The number of aromatic nitrogens is 4. The number of phenolic OH excluding ortho intramolecular Hbond substituents is 1. The lowest BCUT2D eigenvalue weighted by Crippen LogP contribution is -2.29. The fourth-order valence-corrected chi connectivity index (χ4v) is 3.70. The number of phenols is 1. The van der Waals surface area contributed by atoms with Crippen molar-refractivity contribution in [1.82, 2.24) is 19.1 Å². The quantitative estimate of drug-likeness (QED) is 0.225. The minimum absolute atomic E-state index is 0.115. The molecule has 0 unspecified atom stereocenters. The standard InChI is InChI=1S/C23H32N6O3/c1-3-4-5-6-7-8-9-12-15-29-19-20(28(2)23(32)26-21(19)31)25-22(29)27-24-16-17-13-10-11-14-18(17)30/h10-11,13-14,16,30H,3-9,12,15H2,1-2H3,(H,25,27)(H,26,31,32). The van der Waals surface area contributed by atoms with Gasteiger partial charge in [0, 0.05) is 19.2 Å². The molecule has 2 heterocycles. The van der Waals surface area contributed by atoms with Crippen LogP contribution >= 0.6 is 0 Å². The highest BCUT2D eigenvalue weighted by molar-refractivity contribution is 5.83. The zero-order valence-electron chi connectivity index (χ0n) is 18.8. The van der Waals surface area contributed by atoms with Crippen molar-refractivity contribution >= 4 is 23.3 Å². The minimum atomic E-state index is -0.511. The molecule has 0 saturated carbocycles. The number of hydrazone groups is 1. The highest BCUT2D eigenvalue weighted by Gasteiger charge is 2.16. The van der Waals surface area contributed by atoms with Gasteiger partial charge in [0.2, 0.25) is 5.95 Å². The van der Waals surface area contributed by atoms with Crippen molar-refractivity contribution in [3.8, 4) is 5.75 Å². The maximum absolute atomic E-state index is 12.5. The Morgan fingerprint density at radius 2 is 1.78 bits per heavy atom. The van der Waals surface area contributed by atoms with E-state index in [0.29, 0.717) is 29.2 Å².